The van der Waals surface area contributed by atoms with Gasteiger partial charge in [-0.25, -0.2) is 0 Å². The number of para-hydroxylation sites is 1. The number of benzene rings is 1. The molecular formula is C14H19N3O. The van der Waals surface area contributed by atoms with Crippen LogP contribution >= 0.6 is 0 Å². The van der Waals surface area contributed by atoms with Gasteiger partial charge in [-0.05, 0) is 24.6 Å². The van der Waals surface area contributed by atoms with Crippen molar-refractivity contribution in [3.63, 3.8) is 0 Å². The number of rotatable bonds is 5. The molecule has 4 nitrogen and oxygen atoms in total. The van der Waals surface area contributed by atoms with Crippen molar-refractivity contribution in [3.8, 4) is 0 Å². The highest BCUT2D eigenvalue weighted by Crippen LogP contribution is 2.19. The maximum absolute atomic E-state index is 11.8. The van der Waals surface area contributed by atoms with Crippen molar-refractivity contribution in [2.45, 2.75) is 19.4 Å². The Kier molecular flexibility index (Phi) is 3.99. The smallest absolute Gasteiger partial charge is 0.222 e. The molecule has 2 rings (SSSR count). The lowest BCUT2D eigenvalue weighted by molar-refractivity contribution is -0.130. The summed E-state index contributed by atoms with van der Waals surface area (Å²) >= 11 is 0. The first-order chi connectivity index (χ1) is 8.72. The lowest BCUT2D eigenvalue weighted by Crippen LogP contribution is -2.26. The Morgan fingerprint density at radius 2 is 2.17 bits per heavy atom. The highest BCUT2D eigenvalue weighted by Gasteiger charge is 2.11. The number of fused-ring (bicyclic) bond motifs is 1. The largest absolute Gasteiger partial charge is 0.361 e. The lowest BCUT2D eigenvalue weighted by Gasteiger charge is -2.16. The van der Waals surface area contributed by atoms with Crippen molar-refractivity contribution in [2.75, 3.05) is 13.6 Å². The van der Waals surface area contributed by atoms with Crippen molar-refractivity contribution >= 4 is 16.8 Å². The van der Waals surface area contributed by atoms with Crippen LogP contribution < -0.4 is 5.73 Å². The van der Waals surface area contributed by atoms with Gasteiger partial charge in [0.05, 0.1) is 0 Å². The van der Waals surface area contributed by atoms with E-state index in [9.17, 15) is 4.79 Å². The Balaban J connectivity index is 2.07. The van der Waals surface area contributed by atoms with Crippen LogP contribution in [0.2, 0.25) is 0 Å². The van der Waals surface area contributed by atoms with E-state index in [0.29, 0.717) is 19.5 Å². The molecule has 0 fully saturated rings. The van der Waals surface area contributed by atoms with Crippen LogP contribution in [-0.2, 0) is 11.3 Å². The van der Waals surface area contributed by atoms with Gasteiger partial charge in [-0.15, -0.1) is 0 Å². The summed E-state index contributed by atoms with van der Waals surface area (Å²) < 4.78 is 0. The van der Waals surface area contributed by atoms with Gasteiger partial charge in [-0.1, -0.05) is 18.2 Å². The minimum atomic E-state index is 0.144. The van der Waals surface area contributed by atoms with Gasteiger partial charge in [0.25, 0.3) is 0 Å². The minimum Gasteiger partial charge on any atom is -0.361 e. The van der Waals surface area contributed by atoms with Gasteiger partial charge in [-0.3, -0.25) is 4.79 Å². The normalized spacial score (nSPS) is 10.8. The van der Waals surface area contributed by atoms with Crippen LogP contribution in [-0.4, -0.2) is 29.4 Å². The molecule has 0 unspecified atom stereocenters. The second-order valence-corrected chi connectivity index (χ2v) is 4.50. The second kappa shape index (κ2) is 5.69. The fourth-order valence-electron chi connectivity index (χ4n) is 2.05. The molecule has 0 atom stereocenters. The zero-order valence-corrected chi connectivity index (χ0v) is 10.6. The Hall–Kier alpha value is -1.81. The van der Waals surface area contributed by atoms with E-state index in [1.165, 1.54) is 5.39 Å². The highest BCUT2D eigenvalue weighted by atomic mass is 16.2. The monoisotopic (exact) mass is 245 g/mol. The summed E-state index contributed by atoms with van der Waals surface area (Å²) in [6.45, 7) is 1.19. The Morgan fingerprint density at radius 1 is 1.39 bits per heavy atom. The van der Waals surface area contributed by atoms with E-state index in [4.69, 9.17) is 5.73 Å². The fraction of sp³-hybridized carbons (Fsp3) is 0.357. The molecule has 0 radical (unpaired) electrons. The molecule has 18 heavy (non-hydrogen) atoms. The van der Waals surface area contributed by atoms with E-state index in [-0.39, 0.29) is 5.91 Å². The molecular weight excluding hydrogens is 226 g/mol. The van der Waals surface area contributed by atoms with Crippen LogP contribution in [0.25, 0.3) is 10.9 Å². The number of aromatic amines is 1. The number of nitrogens with two attached hydrogens (primary N) is 1. The Labute approximate surface area is 107 Å². The topological polar surface area (TPSA) is 62.1 Å². The van der Waals surface area contributed by atoms with Crippen molar-refractivity contribution in [1.29, 1.82) is 0 Å². The molecule has 0 aliphatic carbocycles. The summed E-state index contributed by atoms with van der Waals surface area (Å²) in [6.07, 6.45) is 3.24. The van der Waals surface area contributed by atoms with Gasteiger partial charge < -0.3 is 15.6 Å². The zero-order chi connectivity index (χ0) is 13.0. The summed E-state index contributed by atoms with van der Waals surface area (Å²) in [5.74, 6) is 0.144. The number of carbonyl (C=O) groups is 1. The van der Waals surface area contributed by atoms with Gasteiger partial charge in [0.15, 0.2) is 0 Å². The number of amides is 1. The SMILES string of the molecule is CN(Cc1c[nH]c2ccccc12)C(=O)CCCN. The van der Waals surface area contributed by atoms with E-state index in [1.807, 2.05) is 31.4 Å². The standard InChI is InChI=1S/C14H19N3O/c1-17(14(18)7-4-8-15)10-11-9-16-13-6-3-2-5-12(11)13/h2-3,5-6,9,16H,4,7-8,10,15H2,1H3. The summed E-state index contributed by atoms with van der Waals surface area (Å²) in [6, 6.07) is 8.11. The molecule has 1 aromatic heterocycles. The van der Waals surface area contributed by atoms with E-state index in [2.05, 4.69) is 11.1 Å². The molecule has 0 saturated heterocycles. The number of nitrogens with one attached hydrogen (secondary N) is 1. The van der Waals surface area contributed by atoms with Gasteiger partial charge in [0.1, 0.15) is 0 Å². The molecule has 4 heteroatoms. The van der Waals surface area contributed by atoms with Gasteiger partial charge in [-0.2, -0.15) is 0 Å². The van der Waals surface area contributed by atoms with Crippen molar-refractivity contribution in [1.82, 2.24) is 9.88 Å². The van der Waals surface area contributed by atoms with Gasteiger partial charge in [0, 0.05) is 37.1 Å². The molecule has 0 aliphatic rings. The van der Waals surface area contributed by atoms with Crippen molar-refractivity contribution in [2.24, 2.45) is 5.73 Å². The minimum absolute atomic E-state index is 0.144. The summed E-state index contributed by atoms with van der Waals surface area (Å²) in [4.78, 5) is 16.8. The van der Waals surface area contributed by atoms with Gasteiger partial charge in [0.2, 0.25) is 5.91 Å². The molecule has 1 heterocycles. The van der Waals surface area contributed by atoms with Crippen LogP contribution in [0.3, 0.4) is 0 Å². The van der Waals surface area contributed by atoms with Crippen LogP contribution in [0.5, 0.6) is 0 Å². The molecule has 96 valence electrons. The van der Waals surface area contributed by atoms with Crippen LogP contribution in [0.4, 0.5) is 0 Å². The van der Waals surface area contributed by atoms with Crippen LogP contribution in [0.1, 0.15) is 18.4 Å². The van der Waals surface area contributed by atoms with E-state index in [1.54, 1.807) is 4.90 Å². The molecule has 1 aromatic carbocycles. The van der Waals surface area contributed by atoms with Crippen LogP contribution in [0, 0.1) is 0 Å². The van der Waals surface area contributed by atoms with Gasteiger partial charge >= 0.3 is 0 Å². The zero-order valence-electron chi connectivity index (χ0n) is 10.6. The molecule has 2 aromatic rings. The number of nitrogens with zero attached hydrogens (tertiary/aromatic N) is 1. The van der Waals surface area contributed by atoms with E-state index in [0.717, 1.165) is 17.5 Å². The number of H-pyrrole nitrogens is 1. The summed E-state index contributed by atoms with van der Waals surface area (Å²) in [7, 11) is 1.83. The molecule has 1 amide bonds. The van der Waals surface area contributed by atoms with E-state index < -0.39 is 0 Å². The third kappa shape index (κ3) is 2.71. The maximum atomic E-state index is 11.8. The molecule has 0 saturated carbocycles. The van der Waals surface area contributed by atoms with Crippen molar-refractivity contribution in [3.05, 3.63) is 36.0 Å². The molecule has 0 bridgehead atoms. The van der Waals surface area contributed by atoms with Crippen molar-refractivity contribution < 1.29 is 4.79 Å². The average Bonchev–Trinajstić information content (AvgIpc) is 2.79. The Bertz CT molecular complexity index is 533. The molecule has 3 N–H and O–H groups in total. The van der Waals surface area contributed by atoms with Crippen LogP contribution in [0.15, 0.2) is 30.5 Å². The second-order valence-electron chi connectivity index (χ2n) is 4.50. The number of hydrogen-bond acceptors (Lipinski definition) is 2. The fourth-order valence-corrected chi connectivity index (χ4v) is 2.05. The number of carbonyl (C=O) groups excluding carboxylic acids is 1. The predicted octanol–water partition coefficient (Wildman–Crippen LogP) is 1.87. The Morgan fingerprint density at radius 3 is 2.94 bits per heavy atom. The predicted molar refractivity (Wildman–Crippen MR) is 73.1 cm³/mol. The first-order valence-corrected chi connectivity index (χ1v) is 6.21. The number of aromatic nitrogens is 1. The third-order valence-corrected chi connectivity index (χ3v) is 3.10. The maximum Gasteiger partial charge on any atom is 0.222 e. The highest BCUT2D eigenvalue weighted by molar-refractivity contribution is 5.83. The lowest BCUT2D eigenvalue weighted by atomic mass is 10.1. The van der Waals surface area contributed by atoms with E-state index >= 15 is 0 Å². The number of hydrogen-bond donors (Lipinski definition) is 2. The summed E-state index contributed by atoms with van der Waals surface area (Å²) in [5, 5.41) is 1.18. The average molecular weight is 245 g/mol. The third-order valence-electron chi connectivity index (χ3n) is 3.10. The molecule has 0 aliphatic heterocycles. The first-order valence-electron chi connectivity index (χ1n) is 6.21. The quantitative estimate of drug-likeness (QED) is 0.844. The molecule has 0 spiro atoms. The summed E-state index contributed by atoms with van der Waals surface area (Å²) in [5.41, 5.74) is 7.67. The first kappa shape index (κ1) is 12.6.